The Kier molecular flexibility index (Phi) is 3.25. The van der Waals surface area contributed by atoms with Crippen LogP contribution in [0.4, 0.5) is 9.57 Å². The Labute approximate surface area is 86.3 Å². The summed E-state index contributed by atoms with van der Waals surface area (Å²) in [5.41, 5.74) is 0.0891. The molecule has 15 heavy (non-hydrogen) atoms. The summed E-state index contributed by atoms with van der Waals surface area (Å²) in [5, 5.41) is 2.30. The predicted octanol–water partition coefficient (Wildman–Crippen LogP) is 1.24. The van der Waals surface area contributed by atoms with Gasteiger partial charge in [0, 0.05) is 6.92 Å². The zero-order valence-corrected chi connectivity index (χ0v) is 8.55. The summed E-state index contributed by atoms with van der Waals surface area (Å²) < 4.78 is 36.7. The van der Waals surface area contributed by atoms with E-state index in [0.717, 1.165) is 0 Å². The fourth-order valence-electron chi connectivity index (χ4n) is 0.939. The first-order valence-corrected chi connectivity index (χ1v) is 5.20. The van der Waals surface area contributed by atoms with Crippen LogP contribution >= 0.6 is 0 Å². The minimum atomic E-state index is -5.09. The van der Waals surface area contributed by atoms with Crippen LogP contribution in [-0.4, -0.2) is 14.3 Å². The SMILES string of the molecule is CC(=O)Nc1ccccc1OS(=O)(=O)F. The molecule has 0 bridgehead atoms. The zero-order valence-electron chi connectivity index (χ0n) is 7.73. The number of halogens is 1. The van der Waals surface area contributed by atoms with E-state index < -0.39 is 16.4 Å². The Bertz CT molecular complexity index is 471. The lowest BCUT2D eigenvalue weighted by Crippen LogP contribution is -2.09. The van der Waals surface area contributed by atoms with E-state index in [0.29, 0.717) is 0 Å². The Morgan fingerprint density at radius 1 is 1.40 bits per heavy atom. The maximum Gasteiger partial charge on any atom is 0.488 e. The van der Waals surface area contributed by atoms with E-state index >= 15 is 0 Å². The second-order valence-electron chi connectivity index (χ2n) is 2.65. The normalized spacial score (nSPS) is 10.8. The first-order valence-electron chi connectivity index (χ1n) is 3.89. The molecule has 0 saturated carbocycles. The number of para-hydroxylation sites is 2. The van der Waals surface area contributed by atoms with Crippen LogP contribution in [0.5, 0.6) is 5.75 Å². The van der Waals surface area contributed by atoms with E-state index in [2.05, 4.69) is 9.50 Å². The predicted molar refractivity (Wildman–Crippen MR) is 51.4 cm³/mol. The summed E-state index contributed by atoms with van der Waals surface area (Å²) in [4.78, 5) is 10.7. The highest BCUT2D eigenvalue weighted by Gasteiger charge is 2.13. The van der Waals surface area contributed by atoms with E-state index in [4.69, 9.17) is 0 Å². The molecule has 0 aliphatic heterocycles. The molecule has 5 nitrogen and oxygen atoms in total. The van der Waals surface area contributed by atoms with Crippen LogP contribution in [0.25, 0.3) is 0 Å². The monoisotopic (exact) mass is 233 g/mol. The number of anilines is 1. The lowest BCUT2D eigenvalue weighted by molar-refractivity contribution is -0.114. The third-order valence-electron chi connectivity index (χ3n) is 1.39. The molecule has 0 aliphatic rings. The average Bonchev–Trinajstić information content (AvgIpc) is 2.05. The second kappa shape index (κ2) is 4.26. The van der Waals surface area contributed by atoms with Crippen molar-refractivity contribution in [3.63, 3.8) is 0 Å². The summed E-state index contributed by atoms with van der Waals surface area (Å²) >= 11 is 0. The van der Waals surface area contributed by atoms with Crippen molar-refractivity contribution in [3.05, 3.63) is 24.3 Å². The summed E-state index contributed by atoms with van der Waals surface area (Å²) in [6.07, 6.45) is 0. The van der Waals surface area contributed by atoms with Gasteiger partial charge in [0.15, 0.2) is 5.75 Å². The van der Waals surface area contributed by atoms with Gasteiger partial charge < -0.3 is 9.50 Å². The summed E-state index contributed by atoms with van der Waals surface area (Å²) in [7, 11) is -5.09. The van der Waals surface area contributed by atoms with Gasteiger partial charge in [0.1, 0.15) is 0 Å². The number of amides is 1. The van der Waals surface area contributed by atoms with Crippen molar-refractivity contribution in [3.8, 4) is 5.75 Å². The van der Waals surface area contributed by atoms with Crippen LogP contribution in [0.1, 0.15) is 6.92 Å². The molecular weight excluding hydrogens is 225 g/mol. The van der Waals surface area contributed by atoms with Crippen LogP contribution in [0.2, 0.25) is 0 Å². The van der Waals surface area contributed by atoms with Gasteiger partial charge >= 0.3 is 10.5 Å². The van der Waals surface area contributed by atoms with Crippen LogP contribution in [-0.2, 0) is 15.3 Å². The van der Waals surface area contributed by atoms with Gasteiger partial charge in [0.2, 0.25) is 5.91 Å². The van der Waals surface area contributed by atoms with Crippen LogP contribution in [0.3, 0.4) is 0 Å². The standard InChI is InChI=1S/C8H8FNO4S/c1-6(11)10-7-4-2-3-5-8(7)14-15(9,12)13/h2-5H,1H3,(H,10,11). The number of carbonyl (C=O) groups excluding carboxylic acids is 1. The first-order chi connectivity index (χ1) is 6.88. The maximum absolute atomic E-state index is 12.2. The summed E-state index contributed by atoms with van der Waals surface area (Å²) in [6.45, 7) is 1.24. The topological polar surface area (TPSA) is 72.5 Å². The molecule has 0 saturated heterocycles. The fourth-order valence-corrected chi connectivity index (χ4v) is 1.30. The van der Waals surface area contributed by atoms with Crippen molar-refractivity contribution in [1.82, 2.24) is 0 Å². The van der Waals surface area contributed by atoms with Gasteiger partial charge in [0.25, 0.3) is 0 Å². The molecule has 1 rings (SSSR count). The van der Waals surface area contributed by atoms with Crippen molar-refractivity contribution in [2.45, 2.75) is 6.92 Å². The van der Waals surface area contributed by atoms with Gasteiger partial charge in [0.05, 0.1) is 5.69 Å². The molecule has 1 aromatic carbocycles. The average molecular weight is 233 g/mol. The van der Waals surface area contributed by atoms with E-state index in [9.17, 15) is 17.1 Å². The van der Waals surface area contributed by atoms with E-state index in [1.807, 2.05) is 0 Å². The fraction of sp³-hybridized carbons (Fsp3) is 0.125. The van der Waals surface area contributed by atoms with Crippen molar-refractivity contribution >= 4 is 22.1 Å². The van der Waals surface area contributed by atoms with Gasteiger partial charge in [-0.3, -0.25) is 4.79 Å². The van der Waals surface area contributed by atoms with Crippen LogP contribution in [0, 0.1) is 0 Å². The highest BCUT2D eigenvalue weighted by atomic mass is 32.3. The quantitative estimate of drug-likeness (QED) is 0.797. The highest BCUT2D eigenvalue weighted by molar-refractivity contribution is 7.81. The number of nitrogens with one attached hydrogen (secondary N) is 1. The molecule has 0 atom stereocenters. The third kappa shape index (κ3) is 3.94. The van der Waals surface area contributed by atoms with Crippen LogP contribution < -0.4 is 9.50 Å². The lowest BCUT2D eigenvalue weighted by atomic mass is 10.3. The molecule has 0 fully saturated rings. The molecule has 1 amide bonds. The van der Waals surface area contributed by atoms with Crippen molar-refractivity contribution in [2.75, 3.05) is 5.32 Å². The molecule has 0 heterocycles. The molecule has 7 heteroatoms. The molecule has 1 N–H and O–H groups in total. The molecule has 0 unspecified atom stereocenters. The number of hydrogen-bond acceptors (Lipinski definition) is 4. The van der Waals surface area contributed by atoms with Gasteiger partial charge in [-0.25, -0.2) is 0 Å². The van der Waals surface area contributed by atoms with Crippen molar-refractivity contribution < 1.29 is 21.3 Å². The lowest BCUT2D eigenvalue weighted by Gasteiger charge is -2.07. The van der Waals surface area contributed by atoms with Gasteiger partial charge in [-0.05, 0) is 12.1 Å². The molecule has 0 radical (unpaired) electrons. The van der Waals surface area contributed by atoms with Crippen molar-refractivity contribution in [2.24, 2.45) is 0 Å². The van der Waals surface area contributed by atoms with Gasteiger partial charge in [-0.1, -0.05) is 16.0 Å². The third-order valence-corrected chi connectivity index (χ3v) is 1.77. The molecule has 0 spiro atoms. The number of hydrogen-bond donors (Lipinski definition) is 1. The Morgan fingerprint density at radius 3 is 2.53 bits per heavy atom. The minimum absolute atomic E-state index is 0.0891. The number of carbonyl (C=O) groups is 1. The minimum Gasteiger partial charge on any atom is -0.356 e. The molecule has 1 aromatic rings. The maximum atomic E-state index is 12.2. The number of rotatable bonds is 3. The summed E-state index contributed by atoms with van der Waals surface area (Å²) in [6, 6.07) is 5.61. The summed E-state index contributed by atoms with van der Waals surface area (Å²) in [5.74, 6) is -0.683. The molecule has 82 valence electrons. The Morgan fingerprint density at radius 2 is 2.00 bits per heavy atom. The van der Waals surface area contributed by atoms with Crippen LogP contribution in [0.15, 0.2) is 24.3 Å². The van der Waals surface area contributed by atoms with E-state index in [1.165, 1.54) is 25.1 Å². The van der Waals surface area contributed by atoms with Gasteiger partial charge in [-0.2, -0.15) is 8.42 Å². The van der Waals surface area contributed by atoms with E-state index in [-0.39, 0.29) is 11.4 Å². The second-order valence-corrected chi connectivity index (χ2v) is 3.61. The smallest absolute Gasteiger partial charge is 0.356 e. The Balaban J connectivity index is 3.01. The molecular formula is C8H8FNO4S. The first kappa shape index (κ1) is 11.4. The van der Waals surface area contributed by atoms with E-state index in [1.54, 1.807) is 6.07 Å². The Hall–Kier alpha value is -1.63. The molecule has 0 aliphatic carbocycles. The highest BCUT2D eigenvalue weighted by Crippen LogP contribution is 2.25. The van der Waals surface area contributed by atoms with Gasteiger partial charge in [-0.15, -0.1) is 0 Å². The zero-order chi connectivity index (χ0) is 11.5. The largest absolute Gasteiger partial charge is 0.488 e. The van der Waals surface area contributed by atoms with Crippen molar-refractivity contribution in [1.29, 1.82) is 0 Å². The number of benzene rings is 1. The molecule has 0 aromatic heterocycles.